The number of aliphatic hydroxyl groups excluding tert-OH is 1. The molecule has 1 atom stereocenters. The molecule has 2 aromatic carbocycles. The van der Waals surface area contributed by atoms with Crippen LogP contribution in [0, 0.1) is 12.7 Å². The van der Waals surface area contributed by atoms with Crippen LogP contribution in [0.2, 0.25) is 0 Å². The first-order valence-corrected chi connectivity index (χ1v) is 6.26. The maximum atomic E-state index is 13.7. The maximum absolute atomic E-state index is 13.7. The summed E-state index contributed by atoms with van der Waals surface area (Å²) in [6, 6.07) is 14.3. The summed E-state index contributed by atoms with van der Waals surface area (Å²) in [4.78, 5) is 0. The summed E-state index contributed by atoms with van der Waals surface area (Å²) < 4.78 is 13.7. The molecule has 0 radical (unpaired) electrons. The number of aryl methyl sites for hydroxylation is 1. The third kappa shape index (κ3) is 2.76. The molecule has 19 heavy (non-hydrogen) atoms. The Kier molecular flexibility index (Phi) is 3.86. The van der Waals surface area contributed by atoms with Gasteiger partial charge >= 0.3 is 0 Å². The monoisotopic (exact) mass is 259 g/mol. The van der Waals surface area contributed by atoms with Crippen molar-refractivity contribution < 1.29 is 9.50 Å². The molecule has 0 bridgehead atoms. The largest absolute Gasteiger partial charge is 0.394 e. The Hall–Kier alpha value is -1.87. The van der Waals surface area contributed by atoms with E-state index in [-0.39, 0.29) is 12.4 Å². The lowest BCUT2D eigenvalue weighted by molar-refractivity contribution is 0.223. The van der Waals surface area contributed by atoms with Gasteiger partial charge in [0.05, 0.1) is 17.8 Å². The number of hydrogen-bond donors (Lipinski definition) is 2. The molecule has 0 aliphatic rings. The molecule has 0 aliphatic heterocycles. The van der Waals surface area contributed by atoms with Crippen LogP contribution in [0.15, 0.2) is 48.5 Å². The van der Waals surface area contributed by atoms with E-state index in [1.54, 1.807) is 18.2 Å². The summed E-state index contributed by atoms with van der Waals surface area (Å²) in [5.74, 6) is -0.323. The van der Waals surface area contributed by atoms with Gasteiger partial charge < -0.3 is 10.4 Å². The van der Waals surface area contributed by atoms with Gasteiger partial charge in [-0.05, 0) is 37.1 Å². The van der Waals surface area contributed by atoms with Gasteiger partial charge in [-0.1, -0.05) is 36.4 Å². The number of anilines is 1. The van der Waals surface area contributed by atoms with Gasteiger partial charge in [-0.15, -0.1) is 0 Å². The number of aliphatic hydroxyl groups is 1. The zero-order valence-corrected chi connectivity index (χ0v) is 11.2. The number of hydrogen-bond acceptors (Lipinski definition) is 2. The van der Waals surface area contributed by atoms with Gasteiger partial charge in [0.25, 0.3) is 0 Å². The lowest BCUT2D eigenvalue weighted by atomic mass is 9.89. The van der Waals surface area contributed by atoms with Crippen molar-refractivity contribution in [2.45, 2.75) is 19.4 Å². The average Bonchev–Trinajstić information content (AvgIpc) is 2.42. The summed E-state index contributed by atoms with van der Waals surface area (Å²) in [5, 5.41) is 12.8. The first kappa shape index (κ1) is 13.6. The summed E-state index contributed by atoms with van der Waals surface area (Å²) in [6.07, 6.45) is 0. The van der Waals surface area contributed by atoms with E-state index in [1.807, 2.05) is 38.1 Å². The summed E-state index contributed by atoms with van der Waals surface area (Å²) in [5.41, 5.74) is 1.69. The van der Waals surface area contributed by atoms with Crippen molar-refractivity contribution in [3.8, 4) is 0 Å². The molecule has 0 saturated carbocycles. The van der Waals surface area contributed by atoms with Crippen molar-refractivity contribution in [2.75, 3.05) is 11.9 Å². The van der Waals surface area contributed by atoms with Crippen molar-refractivity contribution in [2.24, 2.45) is 0 Å². The molecule has 2 aromatic rings. The van der Waals surface area contributed by atoms with Crippen LogP contribution < -0.4 is 5.32 Å². The Morgan fingerprint density at radius 2 is 1.74 bits per heavy atom. The minimum Gasteiger partial charge on any atom is -0.394 e. The van der Waals surface area contributed by atoms with Gasteiger partial charge in [-0.3, -0.25) is 0 Å². The first-order valence-electron chi connectivity index (χ1n) is 6.26. The van der Waals surface area contributed by atoms with Gasteiger partial charge in [0.2, 0.25) is 0 Å². The fraction of sp³-hybridized carbons (Fsp3) is 0.250. The fourth-order valence-corrected chi connectivity index (χ4v) is 2.24. The Morgan fingerprint density at radius 1 is 1.11 bits per heavy atom. The molecule has 100 valence electrons. The van der Waals surface area contributed by atoms with Crippen molar-refractivity contribution in [1.29, 1.82) is 0 Å². The topological polar surface area (TPSA) is 32.3 Å². The van der Waals surface area contributed by atoms with E-state index >= 15 is 0 Å². The van der Waals surface area contributed by atoms with Crippen LogP contribution in [0.4, 0.5) is 10.1 Å². The van der Waals surface area contributed by atoms with Crippen LogP contribution in [0.1, 0.15) is 18.1 Å². The molecule has 2 rings (SSSR count). The highest BCUT2D eigenvalue weighted by molar-refractivity contribution is 5.50. The molecule has 0 aliphatic carbocycles. The smallest absolute Gasteiger partial charge is 0.146 e. The molecule has 2 nitrogen and oxygen atoms in total. The standard InChI is InChI=1S/C16H18FNO/c1-12-7-3-4-8-13(12)16(2,11-19)18-15-10-6-5-9-14(15)17/h3-10,18-19H,11H2,1-2H3. The number of benzene rings is 2. The second-order valence-corrected chi connectivity index (χ2v) is 4.91. The van der Waals surface area contributed by atoms with E-state index < -0.39 is 5.54 Å². The number of halogens is 1. The van der Waals surface area contributed by atoms with E-state index in [1.165, 1.54) is 6.07 Å². The molecule has 3 heteroatoms. The van der Waals surface area contributed by atoms with E-state index in [0.29, 0.717) is 5.69 Å². The van der Waals surface area contributed by atoms with Gasteiger partial charge in [0.15, 0.2) is 0 Å². The normalized spacial score (nSPS) is 13.9. The highest BCUT2D eigenvalue weighted by atomic mass is 19.1. The number of rotatable bonds is 4. The summed E-state index contributed by atoms with van der Waals surface area (Å²) >= 11 is 0. The van der Waals surface area contributed by atoms with Crippen molar-refractivity contribution in [3.05, 3.63) is 65.5 Å². The summed E-state index contributed by atoms with van der Waals surface area (Å²) in [6.45, 7) is 3.72. The predicted molar refractivity (Wildman–Crippen MR) is 75.6 cm³/mol. The van der Waals surface area contributed by atoms with Crippen LogP contribution in [0.25, 0.3) is 0 Å². The summed E-state index contributed by atoms with van der Waals surface area (Å²) in [7, 11) is 0. The first-order chi connectivity index (χ1) is 9.07. The molecule has 0 spiro atoms. The van der Waals surface area contributed by atoms with Crippen molar-refractivity contribution >= 4 is 5.69 Å². The zero-order valence-electron chi connectivity index (χ0n) is 11.2. The molecule has 0 aromatic heterocycles. The number of para-hydroxylation sites is 1. The van der Waals surface area contributed by atoms with Crippen LogP contribution in [0.3, 0.4) is 0 Å². The minimum atomic E-state index is -0.715. The van der Waals surface area contributed by atoms with Gasteiger partial charge in [-0.2, -0.15) is 0 Å². The third-order valence-corrected chi connectivity index (χ3v) is 3.34. The van der Waals surface area contributed by atoms with Crippen LogP contribution in [-0.2, 0) is 5.54 Å². The third-order valence-electron chi connectivity index (χ3n) is 3.34. The van der Waals surface area contributed by atoms with E-state index in [9.17, 15) is 9.50 Å². The SMILES string of the molecule is Cc1ccccc1C(C)(CO)Nc1ccccc1F. The molecular formula is C16H18FNO. The Bertz CT molecular complexity index is 570. The Balaban J connectivity index is 2.39. The van der Waals surface area contributed by atoms with E-state index in [4.69, 9.17) is 0 Å². The maximum Gasteiger partial charge on any atom is 0.146 e. The van der Waals surface area contributed by atoms with E-state index in [0.717, 1.165) is 11.1 Å². The molecule has 0 heterocycles. The average molecular weight is 259 g/mol. The van der Waals surface area contributed by atoms with Gasteiger partial charge in [0.1, 0.15) is 5.82 Å². The highest BCUT2D eigenvalue weighted by Crippen LogP contribution is 2.29. The lowest BCUT2D eigenvalue weighted by Gasteiger charge is -2.32. The lowest BCUT2D eigenvalue weighted by Crippen LogP contribution is -2.36. The van der Waals surface area contributed by atoms with E-state index in [2.05, 4.69) is 5.32 Å². The molecular weight excluding hydrogens is 241 g/mol. The quantitative estimate of drug-likeness (QED) is 0.881. The van der Waals surface area contributed by atoms with Gasteiger partial charge in [0, 0.05) is 0 Å². The van der Waals surface area contributed by atoms with Gasteiger partial charge in [-0.25, -0.2) is 4.39 Å². The van der Waals surface area contributed by atoms with Crippen LogP contribution in [0.5, 0.6) is 0 Å². The fourth-order valence-electron chi connectivity index (χ4n) is 2.24. The van der Waals surface area contributed by atoms with Crippen LogP contribution >= 0.6 is 0 Å². The second kappa shape index (κ2) is 5.41. The Labute approximate surface area is 112 Å². The molecule has 0 saturated heterocycles. The highest BCUT2D eigenvalue weighted by Gasteiger charge is 2.27. The number of nitrogens with one attached hydrogen (secondary N) is 1. The zero-order chi connectivity index (χ0) is 13.9. The van der Waals surface area contributed by atoms with Crippen LogP contribution in [-0.4, -0.2) is 11.7 Å². The molecule has 2 N–H and O–H groups in total. The second-order valence-electron chi connectivity index (χ2n) is 4.91. The van der Waals surface area contributed by atoms with Crippen molar-refractivity contribution in [3.63, 3.8) is 0 Å². The van der Waals surface area contributed by atoms with Crippen molar-refractivity contribution in [1.82, 2.24) is 0 Å². The Morgan fingerprint density at radius 3 is 2.37 bits per heavy atom. The molecule has 1 unspecified atom stereocenters. The predicted octanol–water partition coefficient (Wildman–Crippen LogP) is 3.45. The molecule has 0 fully saturated rings. The molecule has 0 amide bonds. The minimum absolute atomic E-state index is 0.119.